The molecule has 13 heavy (non-hydrogen) atoms. The zero-order chi connectivity index (χ0) is 9.98. The van der Waals surface area contributed by atoms with E-state index in [1.54, 1.807) is 0 Å². The Bertz CT molecular complexity index is 128. The molecule has 0 rings (SSSR count). The van der Waals surface area contributed by atoms with Crippen LogP contribution in [-0.4, -0.2) is 0 Å². The molecule has 0 aromatic rings. The zero-order valence-corrected chi connectivity index (χ0v) is 10.9. The van der Waals surface area contributed by atoms with Gasteiger partial charge in [-0.05, 0) is 20.8 Å². The molecule has 0 fully saturated rings. The number of unbranched alkanes of at least 4 members (excludes halogenated alkanes) is 2. The molecule has 0 aromatic heterocycles. The van der Waals surface area contributed by atoms with E-state index in [2.05, 4.69) is 40.3 Å². The van der Waals surface area contributed by atoms with Gasteiger partial charge in [-0.25, -0.2) is 0 Å². The van der Waals surface area contributed by atoms with Gasteiger partial charge in [-0.15, -0.1) is 0 Å². The van der Waals surface area contributed by atoms with Crippen LogP contribution in [0.2, 0.25) is 0 Å². The number of rotatable bonds is 3. The second-order valence-electron chi connectivity index (χ2n) is 3.42. The molecule has 0 aliphatic carbocycles. The van der Waals surface area contributed by atoms with Crippen molar-refractivity contribution in [1.29, 1.82) is 0 Å². The van der Waals surface area contributed by atoms with E-state index in [0.717, 1.165) is 5.57 Å². The first-order chi connectivity index (χ1) is 5.54. The molecular weight excluding hydrogens is 200 g/mol. The van der Waals surface area contributed by atoms with Crippen molar-refractivity contribution < 1.29 is 17.1 Å². The molecule has 0 saturated carbocycles. The minimum Gasteiger partial charge on any atom is -0.0961 e. The predicted molar refractivity (Wildman–Crippen MR) is 59.4 cm³/mol. The van der Waals surface area contributed by atoms with Gasteiger partial charge in [0.05, 0.1) is 0 Å². The Morgan fingerprint density at radius 2 is 1.46 bits per heavy atom. The van der Waals surface area contributed by atoms with Crippen LogP contribution in [0.3, 0.4) is 0 Å². The van der Waals surface area contributed by atoms with Gasteiger partial charge >= 0.3 is 0 Å². The first-order valence-corrected chi connectivity index (χ1v) is 4.85. The van der Waals surface area contributed by atoms with Crippen LogP contribution < -0.4 is 0 Å². The Hall–Kier alpha value is -0.000519. The third-order valence-corrected chi connectivity index (χ3v) is 1.24. The first-order valence-electron chi connectivity index (χ1n) is 4.85. The largest absolute Gasteiger partial charge is 0.0961 e. The molecule has 0 aliphatic heterocycles. The fourth-order valence-electron chi connectivity index (χ4n) is 0.846. The Balaban J connectivity index is -0.000000150. The third kappa shape index (κ3) is 33.3. The van der Waals surface area contributed by atoms with Gasteiger partial charge in [0.2, 0.25) is 0 Å². The minimum atomic E-state index is 0. The standard InChI is InChI=1S/C7H12.C5H12.Fe/c1-6(2)5-7(3)4;1-3-5-4-2;/h5H,1H2,2-4H3;3-5H2,1-2H3;. The summed E-state index contributed by atoms with van der Waals surface area (Å²) in [5, 5.41) is 0. The van der Waals surface area contributed by atoms with Crippen molar-refractivity contribution in [2.24, 2.45) is 0 Å². The number of allylic oxidation sites excluding steroid dienone is 3. The van der Waals surface area contributed by atoms with Gasteiger partial charge in [0.1, 0.15) is 0 Å². The molecule has 0 nitrogen and oxygen atoms in total. The summed E-state index contributed by atoms with van der Waals surface area (Å²) in [5.41, 5.74) is 2.44. The summed E-state index contributed by atoms with van der Waals surface area (Å²) in [5.74, 6) is 0. The van der Waals surface area contributed by atoms with E-state index in [-0.39, 0.29) is 17.1 Å². The van der Waals surface area contributed by atoms with Crippen LogP contribution in [0.1, 0.15) is 53.9 Å². The van der Waals surface area contributed by atoms with E-state index >= 15 is 0 Å². The quantitative estimate of drug-likeness (QED) is 0.480. The van der Waals surface area contributed by atoms with Crippen molar-refractivity contribution >= 4 is 0 Å². The van der Waals surface area contributed by atoms with Crippen molar-refractivity contribution in [2.45, 2.75) is 53.9 Å². The van der Waals surface area contributed by atoms with E-state index in [0.29, 0.717) is 0 Å². The van der Waals surface area contributed by atoms with Crippen LogP contribution in [0.4, 0.5) is 0 Å². The average molecular weight is 224 g/mol. The van der Waals surface area contributed by atoms with Crippen LogP contribution in [0, 0.1) is 0 Å². The predicted octanol–water partition coefficient (Wildman–Crippen LogP) is 4.72. The Labute approximate surface area is 95.0 Å². The second-order valence-corrected chi connectivity index (χ2v) is 3.42. The van der Waals surface area contributed by atoms with Gasteiger partial charge in [-0.1, -0.05) is 56.9 Å². The second kappa shape index (κ2) is 14.5. The fraction of sp³-hybridized carbons (Fsp3) is 0.667. The summed E-state index contributed by atoms with van der Waals surface area (Å²) < 4.78 is 0. The molecule has 1 heteroatoms. The monoisotopic (exact) mass is 224 g/mol. The Kier molecular flexibility index (Phi) is 20.9. The molecular formula is C12H24Fe. The van der Waals surface area contributed by atoms with Crippen molar-refractivity contribution in [1.82, 2.24) is 0 Å². The van der Waals surface area contributed by atoms with Crippen LogP contribution >= 0.6 is 0 Å². The maximum absolute atomic E-state index is 3.72. The van der Waals surface area contributed by atoms with Gasteiger partial charge in [-0.3, -0.25) is 0 Å². The summed E-state index contributed by atoms with van der Waals surface area (Å²) in [6.45, 7) is 14.3. The van der Waals surface area contributed by atoms with Crippen molar-refractivity contribution in [3.8, 4) is 0 Å². The van der Waals surface area contributed by atoms with Gasteiger partial charge < -0.3 is 0 Å². The van der Waals surface area contributed by atoms with E-state index in [1.807, 2.05) is 6.92 Å². The van der Waals surface area contributed by atoms with Crippen molar-refractivity contribution in [3.63, 3.8) is 0 Å². The summed E-state index contributed by atoms with van der Waals surface area (Å²) >= 11 is 0. The summed E-state index contributed by atoms with van der Waals surface area (Å²) in [7, 11) is 0. The first kappa shape index (κ1) is 18.7. The normalized spacial score (nSPS) is 7.46. The van der Waals surface area contributed by atoms with E-state index in [1.165, 1.54) is 24.8 Å². The smallest absolute Gasteiger partial charge is 0 e. The molecule has 0 spiro atoms. The third-order valence-electron chi connectivity index (χ3n) is 1.24. The van der Waals surface area contributed by atoms with Gasteiger partial charge in [0.15, 0.2) is 0 Å². The number of hydrogen-bond acceptors (Lipinski definition) is 0. The molecule has 0 atom stereocenters. The summed E-state index contributed by atoms with van der Waals surface area (Å²) in [6, 6.07) is 0. The Morgan fingerprint density at radius 3 is 1.46 bits per heavy atom. The molecule has 0 N–H and O–H groups in total. The van der Waals surface area contributed by atoms with Crippen LogP contribution in [0.5, 0.6) is 0 Å². The summed E-state index contributed by atoms with van der Waals surface area (Å²) in [4.78, 5) is 0. The van der Waals surface area contributed by atoms with Crippen LogP contribution in [0.15, 0.2) is 23.8 Å². The topological polar surface area (TPSA) is 0 Å². The summed E-state index contributed by atoms with van der Waals surface area (Å²) in [6.07, 6.45) is 6.13. The minimum absolute atomic E-state index is 0. The van der Waals surface area contributed by atoms with Gasteiger partial charge in [-0.2, -0.15) is 0 Å². The van der Waals surface area contributed by atoms with E-state index in [4.69, 9.17) is 0 Å². The average Bonchev–Trinajstić information content (AvgIpc) is 1.87. The van der Waals surface area contributed by atoms with Crippen LogP contribution in [0.25, 0.3) is 0 Å². The molecule has 0 bridgehead atoms. The van der Waals surface area contributed by atoms with E-state index in [9.17, 15) is 0 Å². The van der Waals surface area contributed by atoms with Gasteiger partial charge in [0, 0.05) is 17.1 Å². The van der Waals surface area contributed by atoms with Crippen molar-refractivity contribution in [2.75, 3.05) is 0 Å². The molecule has 0 aromatic carbocycles. The zero-order valence-electron chi connectivity index (χ0n) is 9.76. The molecule has 0 heterocycles. The Morgan fingerprint density at radius 1 is 1.08 bits per heavy atom. The molecule has 0 unspecified atom stereocenters. The number of hydrogen-bond donors (Lipinski definition) is 0. The molecule has 0 amide bonds. The van der Waals surface area contributed by atoms with Gasteiger partial charge in [0.25, 0.3) is 0 Å². The molecule has 0 aliphatic rings. The van der Waals surface area contributed by atoms with Crippen LogP contribution in [-0.2, 0) is 17.1 Å². The van der Waals surface area contributed by atoms with E-state index < -0.39 is 0 Å². The molecule has 80 valence electrons. The molecule has 0 radical (unpaired) electrons. The maximum atomic E-state index is 3.72. The SMILES string of the molecule is C=C(C)C=C(C)C.CCCCC.[Fe]. The maximum Gasteiger partial charge on any atom is 0 e. The van der Waals surface area contributed by atoms with Crippen molar-refractivity contribution in [3.05, 3.63) is 23.8 Å². The fourth-order valence-corrected chi connectivity index (χ4v) is 0.846. The molecule has 0 saturated heterocycles.